The van der Waals surface area contributed by atoms with Crippen LogP contribution in [0.1, 0.15) is 0 Å². The van der Waals surface area contributed by atoms with Crippen molar-refractivity contribution in [2.24, 2.45) is 0 Å². The molecule has 0 radical (unpaired) electrons. The Morgan fingerprint density at radius 2 is 1.05 bits per heavy atom. The summed E-state index contributed by atoms with van der Waals surface area (Å²) >= 11 is 8.17. The highest BCUT2D eigenvalue weighted by Gasteiger charge is 1.76. The Labute approximate surface area is 130 Å². The number of hydrogen-bond acceptors (Lipinski definition) is 4. The maximum absolute atomic E-state index is 7.76. The molecule has 0 unspecified atom stereocenters. The first-order valence-corrected chi connectivity index (χ1v) is 6.46. The van der Waals surface area contributed by atoms with Gasteiger partial charge in [-0.2, -0.15) is 10.5 Å². The molecular weight excluding hydrogens is 284 g/mol. The van der Waals surface area contributed by atoms with Crippen molar-refractivity contribution in [3.05, 3.63) is 72.8 Å². The van der Waals surface area contributed by atoms with Gasteiger partial charge in [0.1, 0.15) is 17.7 Å². The first-order chi connectivity index (χ1) is 9.60. The first kappa shape index (κ1) is 17.9. The van der Waals surface area contributed by atoms with Gasteiger partial charge in [0.2, 0.25) is 0 Å². The van der Waals surface area contributed by atoms with Crippen molar-refractivity contribution in [1.82, 2.24) is 0 Å². The van der Waals surface area contributed by atoms with Crippen LogP contribution in [0.15, 0.2) is 82.6 Å². The van der Waals surface area contributed by atoms with Crippen LogP contribution in [-0.4, -0.2) is 0 Å². The second kappa shape index (κ2) is 11.9. The Bertz CT molecular complexity index is 528. The zero-order valence-electron chi connectivity index (χ0n) is 10.8. The molecule has 0 spiro atoms. The number of nitriles is 2. The molecule has 0 fully saturated rings. The predicted molar refractivity (Wildman–Crippen MR) is 87.8 cm³/mol. The van der Waals surface area contributed by atoms with Crippen LogP contribution in [0.3, 0.4) is 0 Å². The van der Waals surface area contributed by atoms with Crippen molar-refractivity contribution in [3.63, 3.8) is 0 Å². The average molecular weight is 298 g/mol. The molecule has 0 aromatic heterocycles. The van der Waals surface area contributed by atoms with Gasteiger partial charge in [-0.1, -0.05) is 43.0 Å². The third-order valence-electron chi connectivity index (χ3n) is 1.78. The molecule has 20 heavy (non-hydrogen) atoms. The number of nitrogens with zero attached hydrogens (tertiary/aromatic N) is 2. The Kier molecular flexibility index (Phi) is 10.6. The Hall–Kier alpha value is -2.14. The van der Waals surface area contributed by atoms with Crippen molar-refractivity contribution >= 4 is 25.3 Å². The van der Waals surface area contributed by atoms with E-state index in [1.165, 1.54) is 0 Å². The van der Waals surface area contributed by atoms with E-state index in [1.54, 1.807) is 12.1 Å². The van der Waals surface area contributed by atoms with E-state index in [9.17, 15) is 0 Å². The molecule has 0 saturated carbocycles. The van der Waals surface area contributed by atoms with Gasteiger partial charge in [-0.3, -0.25) is 0 Å². The summed E-state index contributed by atoms with van der Waals surface area (Å²) in [5, 5.41) is 15.5. The van der Waals surface area contributed by atoms with Gasteiger partial charge in [-0.15, -0.1) is 25.3 Å². The van der Waals surface area contributed by atoms with Crippen LogP contribution in [0, 0.1) is 22.7 Å². The van der Waals surface area contributed by atoms with Gasteiger partial charge in [0.05, 0.1) is 0 Å². The maximum atomic E-state index is 7.76. The Morgan fingerprint density at radius 3 is 1.15 bits per heavy atom. The van der Waals surface area contributed by atoms with Crippen LogP contribution in [-0.2, 0) is 0 Å². The van der Waals surface area contributed by atoms with Crippen molar-refractivity contribution < 1.29 is 0 Å². The molecule has 0 aliphatic heterocycles. The lowest BCUT2D eigenvalue weighted by molar-refractivity contribution is 1.47. The summed E-state index contributed by atoms with van der Waals surface area (Å²) in [4.78, 5) is 2.03. The Morgan fingerprint density at radius 1 is 0.750 bits per heavy atom. The summed E-state index contributed by atoms with van der Waals surface area (Å²) in [7, 11) is 0. The third-order valence-corrected chi connectivity index (χ3v) is 2.38. The van der Waals surface area contributed by atoms with E-state index in [0.717, 1.165) is 9.79 Å². The van der Waals surface area contributed by atoms with E-state index < -0.39 is 0 Å². The molecule has 0 heterocycles. The van der Waals surface area contributed by atoms with E-state index in [1.807, 2.05) is 60.7 Å². The molecule has 0 amide bonds. The third kappa shape index (κ3) is 11.0. The molecule has 0 aliphatic rings. The Balaban J connectivity index is 0.000000272. The minimum atomic E-state index is -0.0463. The van der Waals surface area contributed by atoms with E-state index in [-0.39, 0.29) is 5.57 Å². The summed E-state index contributed by atoms with van der Waals surface area (Å²) in [5.41, 5.74) is -0.0463. The smallest absolute Gasteiger partial charge is 0.122 e. The van der Waals surface area contributed by atoms with Crippen molar-refractivity contribution in [1.29, 1.82) is 10.5 Å². The standard InChI is InChI=1S/2C6H6S.C4H2N2/c2*7-6-4-2-1-3-5-6;1-4(2-5)3-6/h2*1-5,7H;1H2. The van der Waals surface area contributed by atoms with Crippen molar-refractivity contribution in [2.45, 2.75) is 9.79 Å². The molecule has 2 aromatic carbocycles. The van der Waals surface area contributed by atoms with Gasteiger partial charge in [-0.05, 0) is 24.3 Å². The number of rotatable bonds is 0. The van der Waals surface area contributed by atoms with E-state index in [2.05, 4.69) is 31.8 Å². The van der Waals surface area contributed by atoms with Crippen LogP contribution in [0.25, 0.3) is 0 Å². The molecule has 2 nitrogen and oxygen atoms in total. The fraction of sp³-hybridized carbons (Fsp3) is 0. The summed E-state index contributed by atoms with van der Waals surface area (Å²) in [5.74, 6) is 0. The highest BCUT2D eigenvalue weighted by Crippen LogP contribution is 2.01. The minimum absolute atomic E-state index is 0.0463. The quantitative estimate of drug-likeness (QED) is 0.554. The molecule has 2 aromatic rings. The van der Waals surface area contributed by atoms with Gasteiger partial charge in [0, 0.05) is 9.79 Å². The number of thiol groups is 2. The van der Waals surface area contributed by atoms with Crippen LogP contribution in [0.5, 0.6) is 0 Å². The maximum Gasteiger partial charge on any atom is 0.122 e. The van der Waals surface area contributed by atoms with Crippen molar-refractivity contribution in [2.75, 3.05) is 0 Å². The number of allylic oxidation sites excluding steroid dienone is 1. The van der Waals surface area contributed by atoms with Gasteiger partial charge in [0.15, 0.2) is 0 Å². The summed E-state index contributed by atoms with van der Waals surface area (Å²) in [6.07, 6.45) is 0. The lowest BCUT2D eigenvalue weighted by Crippen LogP contribution is -1.58. The predicted octanol–water partition coefficient (Wildman–Crippen LogP) is 4.54. The van der Waals surface area contributed by atoms with Gasteiger partial charge in [0.25, 0.3) is 0 Å². The minimum Gasteiger partial charge on any atom is -0.192 e. The molecular formula is C16H14N2S2. The second-order valence-electron chi connectivity index (χ2n) is 3.37. The SMILES string of the molecule is C=C(C#N)C#N.Sc1ccccc1.Sc1ccccc1. The highest BCUT2D eigenvalue weighted by atomic mass is 32.1. The van der Waals surface area contributed by atoms with Crippen LogP contribution >= 0.6 is 25.3 Å². The van der Waals surface area contributed by atoms with Gasteiger partial charge >= 0.3 is 0 Å². The summed E-state index contributed by atoms with van der Waals surface area (Å²) in [6, 6.07) is 22.7. The molecule has 0 saturated heterocycles. The molecule has 0 N–H and O–H groups in total. The van der Waals surface area contributed by atoms with Gasteiger partial charge in [-0.25, -0.2) is 0 Å². The zero-order chi connectivity index (χ0) is 15.2. The fourth-order valence-electron chi connectivity index (χ4n) is 0.881. The van der Waals surface area contributed by atoms with E-state index >= 15 is 0 Å². The van der Waals surface area contributed by atoms with Gasteiger partial charge < -0.3 is 0 Å². The normalized spacial score (nSPS) is 7.60. The highest BCUT2D eigenvalue weighted by molar-refractivity contribution is 7.80. The monoisotopic (exact) mass is 298 g/mol. The molecule has 4 heteroatoms. The van der Waals surface area contributed by atoms with Crippen molar-refractivity contribution in [3.8, 4) is 12.1 Å². The molecule has 2 rings (SSSR count). The lowest BCUT2D eigenvalue weighted by atomic mass is 10.4. The van der Waals surface area contributed by atoms with Crippen LogP contribution in [0.4, 0.5) is 0 Å². The second-order valence-corrected chi connectivity index (χ2v) is 4.41. The van der Waals surface area contributed by atoms with Crippen LogP contribution in [0.2, 0.25) is 0 Å². The largest absolute Gasteiger partial charge is 0.192 e. The lowest BCUT2D eigenvalue weighted by Gasteiger charge is -1.81. The molecule has 0 bridgehead atoms. The molecule has 0 aliphatic carbocycles. The van der Waals surface area contributed by atoms with E-state index in [0.29, 0.717) is 0 Å². The van der Waals surface area contributed by atoms with E-state index in [4.69, 9.17) is 10.5 Å². The molecule has 100 valence electrons. The fourth-order valence-corrected chi connectivity index (χ4v) is 1.23. The zero-order valence-corrected chi connectivity index (χ0v) is 12.6. The number of hydrogen-bond donors (Lipinski definition) is 2. The summed E-state index contributed by atoms with van der Waals surface area (Å²) in [6.45, 7) is 3.07. The topological polar surface area (TPSA) is 47.6 Å². The average Bonchev–Trinajstić information content (AvgIpc) is 2.49. The molecule has 0 atom stereocenters. The summed E-state index contributed by atoms with van der Waals surface area (Å²) < 4.78 is 0. The number of benzene rings is 2. The van der Waals surface area contributed by atoms with Crippen LogP contribution < -0.4 is 0 Å². The first-order valence-electron chi connectivity index (χ1n) is 5.57.